The summed E-state index contributed by atoms with van der Waals surface area (Å²) in [6.45, 7) is -0.306. The summed E-state index contributed by atoms with van der Waals surface area (Å²) in [7, 11) is 1.54. The van der Waals surface area contributed by atoms with Crippen LogP contribution in [0, 0.1) is 0 Å². The van der Waals surface area contributed by atoms with Crippen molar-refractivity contribution in [1.29, 1.82) is 0 Å². The second kappa shape index (κ2) is 9.94. The standard InChI is InChI=1S/C23H21NO5/c1-27-20-14-8-11-18(15-20)24-23(26)22(17-9-4-2-5-10-17)29-21(25)16-28-19-12-6-3-7-13-19/h2-15,22H,16H2,1H3,(H,24,26)/t22-/m0/s1. The van der Waals surface area contributed by atoms with E-state index in [-0.39, 0.29) is 6.61 Å². The van der Waals surface area contributed by atoms with Gasteiger partial charge in [-0.25, -0.2) is 4.79 Å². The van der Waals surface area contributed by atoms with Gasteiger partial charge in [-0.1, -0.05) is 54.6 Å². The Morgan fingerprint density at radius 1 is 0.862 bits per heavy atom. The van der Waals surface area contributed by atoms with Crippen molar-refractivity contribution >= 4 is 17.6 Å². The predicted molar refractivity (Wildman–Crippen MR) is 109 cm³/mol. The Kier molecular flexibility index (Phi) is 6.84. The summed E-state index contributed by atoms with van der Waals surface area (Å²) < 4.78 is 16.0. The van der Waals surface area contributed by atoms with E-state index in [1.165, 1.54) is 0 Å². The number of carbonyl (C=O) groups excluding carboxylic acids is 2. The van der Waals surface area contributed by atoms with Crippen molar-refractivity contribution in [1.82, 2.24) is 0 Å². The first-order valence-electron chi connectivity index (χ1n) is 9.03. The molecule has 0 aliphatic heterocycles. The monoisotopic (exact) mass is 391 g/mol. The molecule has 6 heteroatoms. The maximum atomic E-state index is 12.9. The number of amides is 1. The van der Waals surface area contributed by atoms with E-state index in [1.807, 2.05) is 12.1 Å². The number of esters is 1. The average molecular weight is 391 g/mol. The number of methoxy groups -OCH3 is 1. The molecule has 0 bridgehead atoms. The summed E-state index contributed by atoms with van der Waals surface area (Å²) >= 11 is 0. The van der Waals surface area contributed by atoms with E-state index in [4.69, 9.17) is 14.2 Å². The minimum absolute atomic E-state index is 0.306. The SMILES string of the molecule is COc1cccc(NC(=O)[C@@H](OC(=O)COc2ccccc2)c2ccccc2)c1. The average Bonchev–Trinajstić information content (AvgIpc) is 2.77. The van der Waals surface area contributed by atoms with Crippen LogP contribution < -0.4 is 14.8 Å². The highest BCUT2D eigenvalue weighted by atomic mass is 16.6. The minimum atomic E-state index is -1.12. The summed E-state index contributed by atoms with van der Waals surface area (Å²) in [6, 6.07) is 24.7. The van der Waals surface area contributed by atoms with Crippen LogP contribution in [0.5, 0.6) is 11.5 Å². The van der Waals surface area contributed by atoms with Crippen LogP contribution >= 0.6 is 0 Å². The van der Waals surface area contributed by atoms with Crippen molar-refractivity contribution < 1.29 is 23.8 Å². The lowest BCUT2D eigenvalue weighted by Crippen LogP contribution is -2.28. The normalized spacial score (nSPS) is 11.2. The van der Waals surface area contributed by atoms with E-state index in [1.54, 1.807) is 79.9 Å². The first kappa shape index (κ1) is 19.9. The molecule has 1 N–H and O–H groups in total. The summed E-state index contributed by atoms with van der Waals surface area (Å²) in [5.74, 6) is 0.0230. The van der Waals surface area contributed by atoms with Crippen molar-refractivity contribution in [2.75, 3.05) is 19.0 Å². The third kappa shape index (κ3) is 5.84. The summed E-state index contributed by atoms with van der Waals surface area (Å²) in [4.78, 5) is 25.2. The summed E-state index contributed by atoms with van der Waals surface area (Å²) in [5.41, 5.74) is 1.09. The quantitative estimate of drug-likeness (QED) is 0.588. The fourth-order valence-corrected chi connectivity index (χ4v) is 2.63. The number of hydrogen-bond donors (Lipinski definition) is 1. The lowest BCUT2D eigenvalue weighted by atomic mass is 10.1. The van der Waals surface area contributed by atoms with Crippen LogP contribution in [-0.4, -0.2) is 25.6 Å². The van der Waals surface area contributed by atoms with Crippen LogP contribution in [0.4, 0.5) is 5.69 Å². The number of ether oxygens (including phenoxy) is 3. The minimum Gasteiger partial charge on any atom is -0.497 e. The Labute approximate surface area is 169 Å². The van der Waals surface area contributed by atoms with Crippen molar-refractivity contribution in [2.45, 2.75) is 6.10 Å². The van der Waals surface area contributed by atoms with Gasteiger partial charge >= 0.3 is 5.97 Å². The largest absolute Gasteiger partial charge is 0.497 e. The molecular weight excluding hydrogens is 370 g/mol. The molecule has 1 atom stereocenters. The Morgan fingerprint density at radius 3 is 2.21 bits per heavy atom. The third-order valence-electron chi connectivity index (χ3n) is 4.03. The van der Waals surface area contributed by atoms with Gasteiger partial charge in [0.05, 0.1) is 7.11 Å². The molecule has 0 radical (unpaired) electrons. The lowest BCUT2D eigenvalue weighted by Gasteiger charge is -2.18. The fraction of sp³-hybridized carbons (Fsp3) is 0.130. The van der Waals surface area contributed by atoms with Gasteiger partial charge in [0.2, 0.25) is 6.10 Å². The second-order valence-corrected chi connectivity index (χ2v) is 6.10. The van der Waals surface area contributed by atoms with Gasteiger partial charge in [0.25, 0.3) is 5.91 Å². The molecule has 0 spiro atoms. The number of nitrogens with one attached hydrogen (secondary N) is 1. The first-order valence-corrected chi connectivity index (χ1v) is 9.03. The molecular formula is C23H21NO5. The Bertz CT molecular complexity index is 944. The number of carbonyl (C=O) groups is 2. The zero-order valence-corrected chi connectivity index (χ0v) is 15.9. The number of hydrogen-bond acceptors (Lipinski definition) is 5. The molecule has 3 aromatic rings. The van der Waals surface area contributed by atoms with Crippen molar-refractivity contribution in [3.05, 3.63) is 90.5 Å². The predicted octanol–water partition coefficient (Wildman–Crippen LogP) is 4.00. The molecule has 3 aromatic carbocycles. The van der Waals surface area contributed by atoms with Gasteiger partial charge in [-0.3, -0.25) is 4.79 Å². The van der Waals surface area contributed by atoms with Gasteiger partial charge < -0.3 is 19.5 Å². The number of benzene rings is 3. The van der Waals surface area contributed by atoms with Gasteiger partial charge in [-0.15, -0.1) is 0 Å². The van der Waals surface area contributed by atoms with E-state index in [0.717, 1.165) is 0 Å². The van der Waals surface area contributed by atoms with E-state index in [0.29, 0.717) is 22.7 Å². The molecule has 29 heavy (non-hydrogen) atoms. The highest BCUT2D eigenvalue weighted by Crippen LogP contribution is 2.22. The molecule has 3 rings (SSSR count). The molecule has 0 saturated carbocycles. The van der Waals surface area contributed by atoms with E-state index in [2.05, 4.69) is 5.32 Å². The maximum absolute atomic E-state index is 12.9. The van der Waals surface area contributed by atoms with Crippen LogP contribution in [0.25, 0.3) is 0 Å². The third-order valence-corrected chi connectivity index (χ3v) is 4.03. The number of para-hydroxylation sites is 1. The van der Waals surface area contributed by atoms with Gasteiger partial charge in [0.1, 0.15) is 11.5 Å². The Balaban J connectivity index is 1.70. The zero-order chi connectivity index (χ0) is 20.5. The van der Waals surface area contributed by atoms with Crippen LogP contribution in [0.3, 0.4) is 0 Å². The summed E-state index contributed by atoms with van der Waals surface area (Å²) in [5, 5.41) is 2.76. The molecule has 148 valence electrons. The molecule has 0 heterocycles. The van der Waals surface area contributed by atoms with Gasteiger partial charge in [0, 0.05) is 17.3 Å². The molecule has 0 fully saturated rings. The number of rotatable bonds is 8. The van der Waals surface area contributed by atoms with Crippen molar-refractivity contribution in [2.24, 2.45) is 0 Å². The molecule has 0 unspecified atom stereocenters. The zero-order valence-electron chi connectivity index (χ0n) is 15.9. The highest BCUT2D eigenvalue weighted by molar-refractivity contribution is 5.96. The van der Waals surface area contributed by atoms with Crippen LogP contribution in [-0.2, 0) is 14.3 Å². The molecule has 0 aliphatic rings. The summed E-state index contributed by atoms with van der Waals surface area (Å²) in [6.07, 6.45) is -1.12. The Morgan fingerprint density at radius 2 is 1.52 bits per heavy atom. The maximum Gasteiger partial charge on any atom is 0.345 e. The smallest absolute Gasteiger partial charge is 0.345 e. The molecule has 0 saturated heterocycles. The van der Waals surface area contributed by atoms with E-state index >= 15 is 0 Å². The molecule has 0 aliphatic carbocycles. The van der Waals surface area contributed by atoms with E-state index in [9.17, 15) is 9.59 Å². The van der Waals surface area contributed by atoms with Gasteiger partial charge in [-0.2, -0.15) is 0 Å². The Hall–Kier alpha value is -3.80. The second-order valence-electron chi connectivity index (χ2n) is 6.10. The molecule has 6 nitrogen and oxygen atoms in total. The van der Waals surface area contributed by atoms with Crippen LogP contribution in [0.1, 0.15) is 11.7 Å². The molecule has 1 amide bonds. The topological polar surface area (TPSA) is 73.9 Å². The van der Waals surface area contributed by atoms with Crippen molar-refractivity contribution in [3.8, 4) is 11.5 Å². The van der Waals surface area contributed by atoms with Crippen LogP contribution in [0.15, 0.2) is 84.9 Å². The van der Waals surface area contributed by atoms with Gasteiger partial charge in [0.15, 0.2) is 6.61 Å². The van der Waals surface area contributed by atoms with Gasteiger partial charge in [-0.05, 0) is 24.3 Å². The van der Waals surface area contributed by atoms with E-state index < -0.39 is 18.0 Å². The first-order chi connectivity index (χ1) is 14.2. The van der Waals surface area contributed by atoms with Crippen molar-refractivity contribution in [3.63, 3.8) is 0 Å². The fourth-order valence-electron chi connectivity index (χ4n) is 2.63. The highest BCUT2D eigenvalue weighted by Gasteiger charge is 2.25. The number of anilines is 1. The molecule has 0 aromatic heterocycles. The van der Waals surface area contributed by atoms with Crippen LogP contribution in [0.2, 0.25) is 0 Å². The lowest BCUT2D eigenvalue weighted by molar-refractivity contribution is -0.156.